The second-order valence-corrected chi connectivity index (χ2v) is 7.81. The van der Waals surface area contributed by atoms with Gasteiger partial charge in [-0.25, -0.2) is 8.42 Å². The third-order valence-electron chi connectivity index (χ3n) is 3.14. The Kier molecular flexibility index (Phi) is 6.00. The molecule has 0 aliphatic rings. The summed E-state index contributed by atoms with van der Waals surface area (Å²) in [7, 11) is -3.61. The van der Waals surface area contributed by atoms with Crippen molar-refractivity contribution in [3.8, 4) is 0 Å². The van der Waals surface area contributed by atoms with Gasteiger partial charge < -0.3 is 5.32 Å². The first kappa shape index (κ1) is 17.7. The van der Waals surface area contributed by atoms with Crippen molar-refractivity contribution < 1.29 is 13.2 Å². The first-order valence-electron chi connectivity index (χ1n) is 6.99. The number of sulfonamides is 1. The summed E-state index contributed by atoms with van der Waals surface area (Å²) in [6.07, 6.45) is 0.657. The molecule has 2 aromatic carbocycles. The van der Waals surface area contributed by atoms with Crippen LogP contribution < -0.4 is 10.0 Å². The van der Waals surface area contributed by atoms with Gasteiger partial charge in [0, 0.05) is 17.0 Å². The molecule has 0 heterocycles. The SMILES string of the molecule is CC(=O)NCCc1ccc(S(=O)(=O)Nc2ccccc2I)cc1. The maximum absolute atomic E-state index is 12.4. The van der Waals surface area contributed by atoms with Crippen molar-refractivity contribution in [1.29, 1.82) is 0 Å². The number of nitrogens with one attached hydrogen (secondary N) is 2. The van der Waals surface area contributed by atoms with Gasteiger partial charge in [-0.3, -0.25) is 9.52 Å². The monoisotopic (exact) mass is 444 g/mol. The number of anilines is 1. The van der Waals surface area contributed by atoms with Gasteiger partial charge in [0.1, 0.15) is 0 Å². The van der Waals surface area contributed by atoms with E-state index in [2.05, 4.69) is 32.6 Å². The van der Waals surface area contributed by atoms with Gasteiger partial charge in [0.25, 0.3) is 10.0 Å². The molecule has 0 saturated carbocycles. The molecule has 0 aliphatic carbocycles. The number of carbonyl (C=O) groups excluding carboxylic acids is 1. The molecule has 7 heteroatoms. The quantitative estimate of drug-likeness (QED) is 0.673. The molecule has 0 spiro atoms. The molecule has 0 radical (unpaired) electrons. The molecular formula is C16H17IN2O3S. The Labute approximate surface area is 149 Å². The highest BCUT2D eigenvalue weighted by molar-refractivity contribution is 14.1. The van der Waals surface area contributed by atoms with Crippen molar-refractivity contribution >= 4 is 44.2 Å². The summed E-state index contributed by atoms with van der Waals surface area (Å²) >= 11 is 2.08. The van der Waals surface area contributed by atoms with E-state index in [1.165, 1.54) is 6.92 Å². The first-order valence-corrected chi connectivity index (χ1v) is 9.55. The Hall–Kier alpha value is -1.61. The zero-order chi connectivity index (χ0) is 16.9. The van der Waals surface area contributed by atoms with E-state index in [0.29, 0.717) is 18.7 Å². The van der Waals surface area contributed by atoms with Gasteiger partial charge in [-0.15, -0.1) is 0 Å². The Balaban J connectivity index is 2.08. The predicted octanol–water partition coefficient (Wildman–Crippen LogP) is 2.77. The minimum Gasteiger partial charge on any atom is -0.356 e. The molecule has 0 aromatic heterocycles. The molecule has 0 fully saturated rings. The number of amides is 1. The second kappa shape index (κ2) is 7.78. The van der Waals surface area contributed by atoms with Crippen LogP contribution in [-0.4, -0.2) is 20.9 Å². The van der Waals surface area contributed by atoms with Crippen LogP contribution >= 0.6 is 22.6 Å². The van der Waals surface area contributed by atoms with Crippen molar-refractivity contribution in [3.63, 3.8) is 0 Å². The minimum absolute atomic E-state index is 0.0779. The Morgan fingerprint density at radius 3 is 2.35 bits per heavy atom. The molecule has 23 heavy (non-hydrogen) atoms. The average molecular weight is 444 g/mol. The highest BCUT2D eigenvalue weighted by atomic mass is 127. The fraction of sp³-hybridized carbons (Fsp3) is 0.188. The zero-order valence-corrected chi connectivity index (χ0v) is 15.5. The lowest BCUT2D eigenvalue weighted by atomic mass is 10.1. The van der Waals surface area contributed by atoms with Crippen LogP contribution in [0.15, 0.2) is 53.4 Å². The largest absolute Gasteiger partial charge is 0.356 e. The summed E-state index contributed by atoms with van der Waals surface area (Å²) in [6, 6.07) is 13.8. The lowest BCUT2D eigenvalue weighted by Crippen LogP contribution is -2.22. The molecule has 1 amide bonds. The van der Waals surface area contributed by atoms with E-state index in [-0.39, 0.29) is 10.8 Å². The van der Waals surface area contributed by atoms with E-state index in [4.69, 9.17) is 0 Å². The Morgan fingerprint density at radius 1 is 1.09 bits per heavy atom. The highest BCUT2D eigenvalue weighted by Gasteiger charge is 2.15. The average Bonchev–Trinajstić information content (AvgIpc) is 2.50. The van der Waals surface area contributed by atoms with Crippen molar-refractivity contribution in [2.24, 2.45) is 0 Å². The summed E-state index contributed by atoms with van der Waals surface area (Å²) in [5.41, 5.74) is 1.52. The van der Waals surface area contributed by atoms with Gasteiger partial charge in [0.2, 0.25) is 5.91 Å². The molecule has 0 aliphatic heterocycles. The lowest BCUT2D eigenvalue weighted by molar-refractivity contribution is -0.118. The normalized spacial score (nSPS) is 11.0. The van der Waals surface area contributed by atoms with Crippen LogP contribution in [-0.2, 0) is 21.2 Å². The molecule has 0 saturated heterocycles. The highest BCUT2D eigenvalue weighted by Crippen LogP contribution is 2.21. The number of halogens is 1. The number of hydrogen-bond donors (Lipinski definition) is 2. The maximum atomic E-state index is 12.4. The van der Waals surface area contributed by atoms with Gasteiger partial charge in [0.15, 0.2) is 0 Å². The summed E-state index contributed by atoms with van der Waals surface area (Å²) < 4.78 is 28.2. The number of rotatable bonds is 6. The van der Waals surface area contributed by atoms with Crippen LogP contribution in [0.3, 0.4) is 0 Å². The fourth-order valence-electron chi connectivity index (χ4n) is 1.97. The van der Waals surface area contributed by atoms with Gasteiger partial charge in [-0.1, -0.05) is 24.3 Å². The Bertz CT molecular complexity index is 789. The van der Waals surface area contributed by atoms with Crippen molar-refractivity contribution in [1.82, 2.24) is 5.32 Å². The second-order valence-electron chi connectivity index (χ2n) is 4.96. The van der Waals surface area contributed by atoms with Crippen molar-refractivity contribution in [2.45, 2.75) is 18.2 Å². The summed E-state index contributed by atoms with van der Waals surface area (Å²) in [4.78, 5) is 11.0. The third kappa shape index (κ3) is 5.21. The summed E-state index contributed by atoms with van der Waals surface area (Å²) in [6.45, 7) is 1.99. The van der Waals surface area contributed by atoms with Gasteiger partial charge in [-0.2, -0.15) is 0 Å². The Morgan fingerprint density at radius 2 is 1.74 bits per heavy atom. The topological polar surface area (TPSA) is 75.3 Å². The van der Waals surface area contributed by atoms with Crippen molar-refractivity contribution in [2.75, 3.05) is 11.3 Å². The minimum atomic E-state index is -3.61. The number of benzene rings is 2. The fourth-order valence-corrected chi connectivity index (χ4v) is 3.75. The molecule has 0 atom stereocenters. The van der Waals surface area contributed by atoms with Crippen LogP contribution in [0, 0.1) is 3.57 Å². The molecule has 2 aromatic rings. The lowest BCUT2D eigenvalue weighted by Gasteiger charge is -2.10. The molecule has 0 unspecified atom stereocenters. The molecule has 0 bridgehead atoms. The van der Waals surface area contributed by atoms with Crippen LogP contribution in [0.4, 0.5) is 5.69 Å². The van der Waals surface area contributed by atoms with E-state index >= 15 is 0 Å². The van der Waals surface area contributed by atoms with Crippen LogP contribution in [0.25, 0.3) is 0 Å². The third-order valence-corrected chi connectivity index (χ3v) is 5.46. The maximum Gasteiger partial charge on any atom is 0.261 e. The van der Waals surface area contributed by atoms with E-state index < -0.39 is 10.0 Å². The zero-order valence-electron chi connectivity index (χ0n) is 12.5. The van der Waals surface area contributed by atoms with Crippen LogP contribution in [0.1, 0.15) is 12.5 Å². The van der Waals surface area contributed by atoms with Gasteiger partial charge in [0.05, 0.1) is 10.6 Å². The van der Waals surface area contributed by atoms with E-state index in [0.717, 1.165) is 9.13 Å². The number of para-hydroxylation sites is 1. The molecule has 122 valence electrons. The van der Waals surface area contributed by atoms with E-state index in [1.807, 2.05) is 12.1 Å². The standard InChI is InChI=1S/C16H17IN2O3S/c1-12(20)18-11-10-13-6-8-14(9-7-13)23(21,22)19-16-5-3-2-4-15(16)17/h2-9,19H,10-11H2,1H3,(H,18,20). The molecule has 2 rings (SSSR count). The van der Waals surface area contributed by atoms with Gasteiger partial charge in [-0.05, 0) is 58.8 Å². The smallest absolute Gasteiger partial charge is 0.261 e. The summed E-state index contributed by atoms with van der Waals surface area (Å²) in [5, 5.41) is 2.71. The van der Waals surface area contributed by atoms with E-state index in [1.54, 1.807) is 36.4 Å². The molecule has 5 nitrogen and oxygen atoms in total. The van der Waals surface area contributed by atoms with Crippen LogP contribution in [0.2, 0.25) is 0 Å². The number of carbonyl (C=O) groups is 1. The first-order chi connectivity index (χ1) is 10.9. The summed E-state index contributed by atoms with van der Waals surface area (Å²) in [5.74, 6) is -0.0779. The molecule has 2 N–H and O–H groups in total. The van der Waals surface area contributed by atoms with Crippen molar-refractivity contribution in [3.05, 3.63) is 57.7 Å². The van der Waals surface area contributed by atoms with Crippen LogP contribution in [0.5, 0.6) is 0 Å². The van der Waals surface area contributed by atoms with E-state index in [9.17, 15) is 13.2 Å². The number of hydrogen-bond acceptors (Lipinski definition) is 3. The predicted molar refractivity (Wildman–Crippen MR) is 98.8 cm³/mol. The van der Waals surface area contributed by atoms with Gasteiger partial charge >= 0.3 is 0 Å². The molecular weight excluding hydrogens is 427 g/mol.